The van der Waals surface area contributed by atoms with Gasteiger partial charge in [-0.3, -0.25) is 4.79 Å². The van der Waals surface area contributed by atoms with Gasteiger partial charge in [-0.15, -0.1) is 0 Å². The Labute approximate surface area is 153 Å². The van der Waals surface area contributed by atoms with Crippen LogP contribution in [0, 0.1) is 5.41 Å². The third kappa shape index (κ3) is 5.37. The maximum atomic E-state index is 12.8. The zero-order valence-electron chi connectivity index (χ0n) is 15.6. The fraction of sp³-hybridized carbons (Fsp3) is 0.400. The van der Waals surface area contributed by atoms with Crippen molar-refractivity contribution < 1.29 is 23.8 Å². The second-order valence-electron chi connectivity index (χ2n) is 7.35. The van der Waals surface area contributed by atoms with E-state index in [4.69, 9.17) is 14.3 Å². The summed E-state index contributed by atoms with van der Waals surface area (Å²) >= 11 is 0. The number of furan rings is 1. The third-order valence-electron chi connectivity index (χ3n) is 3.81. The average Bonchev–Trinajstić information content (AvgIpc) is 3.08. The molecule has 2 rings (SSSR count). The van der Waals surface area contributed by atoms with Gasteiger partial charge in [0.25, 0.3) is 5.91 Å². The number of carbonyl (C=O) groups is 2. The highest BCUT2D eigenvalue weighted by molar-refractivity contribution is 5.93. The largest absolute Gasteiger partial charge is 0.497 e. The van der Waals surface area contributed by atoms with E-state index in [-0.39, 0.29) is 22.8 Å². The predicted molar refractivity (Wildman–Crippen MR) is 97.7 cm³/mol. The Bertz CT molecular complexity index is 755. The van der Waals surface area contributed by atoms with Crippen LogP contribution < -0.4 is 4.74 Å². The van der Waals surface area contributed by atoms with Crippen LogP contribution in [0.25, 0.3) is 0 Å². The molecule has 1 aromatic heterocycles. The van der Waals surface area contributed by atoms with E-state index in [9.17, 15) is 9.59 Å². The number of amides is 1. The van der Waals surface area contributed by atoms with E-state index in [0.717, 1.165) is 11.3 Å². The molecule has 0 aliphatic rings. The van der Waals surface area contributed by atoms with Gasteiger partial charge in [-0.25, -0.2) is 4.79 Å². The fourth-order valence-corrected chi connectivity index (χ4v) is 2.60. The lowest BCUT2D eigenvalue weighted by atomic mass is 9.95. The molecule has 26 heavy (non-hydrogen) atoms. The lowest BCUT2D eigenvalue weighted by molar-refractivity contribution is 0.0632. The number of methoxy groups -OCH3 is 1. The number of rotatable bonds is 7. The molecule has 0 saturated carbocycles. The molecule has 0 unspecified atom stereocenters. The molecule has 0 saturated heterocycles. The summed E-state index contributed by atoms with van der Waals surface area (Å²) in [5, 5.41) is 8.97. The number of carboxylic acid groups (broad SMARTS) is 1. The first-order chi connectivity index (χ1) is 12.2. The summed E-state index contributed by atoms with van der Waals surface area (Å²) < 4.78 is 10.3. The minimum Gasteiger partial charge on any atom is -0.497 e. The highest BCUT2D eigenvalue weighted by Crippen LogP contribution is 2.20. The highest BCUT2D eigenvalue weighted by Gasteiger charge is 2.25. The fourth-order valence-electron chi connectivity index (χ4n) is 2.60. The van der Waals surface area contributed by atoms with E-state index < -0.39 is 5.97 Å². The normalized spacial score (nSPS) is 11.2. The molecule has 1 amide bonds. The van der Waals surface area contributed by atoms with Gasteiger partial charge in [0.2, 0.25) is 5.76 Å². The van der Waals surface area contributed by atoms with Crippen LogP contribution in [0.15, 0.2) is 40.8 Å². The van der Waals surface area contributed by atoms with Crippen LogP contribution in [0.4, 0.5) is 0 Å². The van der Waals surface area contributed by atoms with Crippen molar-refractivity contribution >= 4 is 11.9 Å². The van der Waals surface area contributed by atoms with Gasteiger partial charge in [0.05, 0.1) is 7.11 Å². The maximum Gasteiger partial charge on any atom is 0.371 e. The van der Waals surface area contributed by atoms with E-state index in [0.29, 0.717) is 19.5 Å². The Hall–Kier alpha value is -2.76. The van der Waals surface area contributed by atoms with E-state index in [1.54, 1.807) is 12.0 Å². The molecule has 6 nitrogen and oxygen atoms in total. The number of hydrogen-bond acceptors (Lipinski definition) is 4. The van der Waals surface area contributed by atoms with Crippen molar-refractivity contribution in [3.8, 4) is 5.75 Å². The van der Waals surface area contributed by atoms with Gasteiger partial charge in [-0.2, -0.15) is 0 Å². The average molecular weight is 359 g/mol. The second kappa shape index (κ2) is 8.08. The molecule has 0 aliphatic heterocycles. The van der Waals surface area contributed by atoms with E-state index in [1.165, 1.54) is 12.1 Å². The van der Waals surface area contributed by atoms with Crippen LogP contribution in [0.5, 0.6) is 5.75 Å². The van der Waals surface area contributed by atoms with Crippen LogP contribution >= 0.6 is 0 Å². The van der Waals surface area contributed by atoms with Crippen molar-refractivity contribution in [1.29, 1.82) is 0 Å². The van der Waals surface area contributed by atoms with E-state index in [1.807, 2.05) is 45.0 Å². The van der Waals surface area contributed by atoms with Gasteiger partial charge in [0.15, 0.2) is 5.76 Å². The molecule has 0 aliphatic carbocycles. The summed E-state index contributed by atoms with van der Waals surface area (Å²) in [5.41, 5.74) is 0.987. The molecule has 1 N–H and O–H groups in total. The summed E-state index contributed by atoms with van der Waals surface area (Å²) in [6.07, 6.45) is 0.679. The zero-order chi connectivity index (χ0) is 19.3. The molecule has 0 radical (unpaired) electrons. The maximum absolute atomic E-state index is 12.8. The first kappa shape index (κ1) is 19.6. The number of hydrogen-bond donors (Lipinski definition) is 1. The molecule has 1 heterocycles. The molecular formula is C20H25NO5. The Morgan fingerprint density at radius 2 is 1.69 bits per heavy atom. The first-order valence-corrected chi connectivity index (χ1v) is 8.45. The van der Waals surface area contributed by atoms with Crippen molar-refractivity contribution in [2.24, 2.45) is 5.41 Å². The highest BCUT2D eigenvalue weighted by atomic mass is 16.5. The summed E-state index contributed by atoms with van der Waals surface area (Å²) in [7, 11) is 1.62. The smallest absolute Gasteiger partial charge is 0.371 e. The van der Waals surface area contributed by atoms with Crippen molar-refractivity contribution in [3.05, 3.63) is 53.5 Å². The van der Waals surface area contributed by atoms with Crippen LogP contribution in [0.2, 0.25) is 0 Å². The summed E-state index contributed by atoms with van der Waals surface area (Å²) in [6.45, 7) is 7.18. The lowest BCUT2D eigenvalue weighted by Crippen LogP contribution is -2.39. The van der Waals surface area contributed by atoms with Gasteiger partial charge in [-0.05, 0) is 41.7 Å². The Balaban J connectivity index is 2.13. The first-order valence-electron chi connectivity index (χ1n) is 8.45. The third-order valence-corrected chi connectivity index (χ3v) is 3.81. The van der Waals surface area contributed by atoms with Crippen LogP contribution in [-0.2, 0) is 6.42 Å². The molecule has 0 atom stereocenters. The lowest BCUT2D eigenvalue weighted by Gasteiger charge is -2.29. The van der Waals surface area contributed by atoms with E-state index >= 15 is 0 Å². The van der Waals surface area contributed by atoms with Gasteiger partial charge < -0.3 is 19.2 Å². The summed E-state index contributed by atoms with van der Waals surface area (Å²) in [5.74, 6) is -0.903. The predicted octanol–water partition coefficient (Wildman–Crippen LogP) is 3.72. The minimum absolute atomic E-state index is 0.0429. The van der Waals surface area contributed by atoms with Crippen molar-refractivity contribution in [1.82, 2.24) is 4.90 Å². The minimum atomic E-state index is -1.19. The van der Waals surface area contributed by atoms with Crippen LogP contribution in [-0.4, -0.2) is 42.1 Å². The monoisotopic (exact) mass is 359 g/mol. The second-order valence-corrected chi connectivity index (χ2v) is 7.35. The Morgan fingerprint density at radius 1 is 1.08 bits per heavy atom. The summed E-state index contributed by atoms with van der Waals surface area (Å²) in [4.78, 5) is 25.5. The molecule has 140 valence electrons. The van der Waals surface area contributed by atoms with Crippen molar-refractivity contribution in [3.63, 3.8) is 0 Å². The number of ether oxygens (including phenoxy) is 1. The quantitative estimate of drug-likeness (QED) is 0.815. The van der Waals surface area contributed by atoms with E-state index in [2.05, 4.69) is 0 Å². The summed E-state index contributed by atoms with van der Waals surface area (Å²) in [6, 6.07) is 10.4. The van der Waals surface area contributed by atoms with Gasteiger partial charge in [-0.1, -0.05) is 32.9 Å². The standard InChI is InChI=1S/C20H25NO5/c1-20(2,3)13-21(12-11-14-5-7-15(25-4)8-6-14)18(22)16-9-10-17(26-16)19(23)24/h5-10H,11-13H2,1-4H3,(H,23,24). The van der Waals surface area contributed by atoms with Crippen molar-refractivity contribution in [2.75, 3.05) is 20.2 Å². The molecule has 1 aromatic carbocycles. The van der Waals surface area contributed by atoms with Gasteiger partial charge in [0, 0.05) is 13.1 Å². The number of aromatic carboxylic acids is 1. The van der Waals surface area contributed by atoms with Crippen LogP contribution in [0.1, 0.15) is 47.4 Å². The molecule has 0 bridgehead atoms. The number of carboxylic acids is 1. The Kier molecular flexibility index (Phi) is 6.08. The van der Waals surface area contributed by atoms with Crippen molar-refractivity contribution in [2.45, 2.75) is 27.2 Å². The molecule has 2 aromatic rings. The molecule has 0 fully saturated rings. The van der Waals surface area contributed by atoms with Gasteiger partial charge >= 0.3 is 5.97 Å². The molecular weight excluding hydrogens is 334 g/mol. The molecule has 0 spiro atoms. The Morgan fingerprint density at radius 3 is 2.19 bits per heavy atom. The van der Waals surface area contributed by atoms with Crippen LogP contribution in [0.3, 0.4) is 0 Å². The number of nitrogens with zero attached hydrogens (tertiary/aromatic N) is 1. The number of carbonyl (C=O) groups excluding carboxylic acids is 1. The van der Waals surface area contributed by atoms with Gasteiger partial charge in [0.1, 0.15) is 5.75 Å². The number of benzene rings is 1. The zero-order valence-corrected chi connectivity index (χ0v) is 15.6. The molecule has 6 heteroatoms. The SMILES string of the molecule is COc1ccc(CCN(CC(C)(C)C)C(=O)c2ccc(C(=O)O)o2)cc1. The topological polar surface area (TPSA) is 80.0 Å².